The van der Waals surface area contributed by atoms with Crippen LogP contribution in [0.15, 0.2) is 18.2 Å². The maximum Gasteiger partial charge on any atom is 0.421 e. The molecule has 0 radical (unpaired) electrons. The molecule has 1 aromatic heterocycles. The molecule has 0 spiro atoms. The first-order valence-electron chi connectivity index (χ1n) is 5.66. The summed E-state index contributed by atoms with van der Waals surface area (Å²) in [6.07, 6.45) is -0.515. The Kier molecular flexibility index (Phi) is 3.07. The van der Waals surface area contributed by atoms with Crippen LogP contribution in [0.25, 0.3) is 11.0 Å². The third-order valence-corrected chi connectivity index (χ3v) is 2.60. The van der Waals surface area contributed by atoms with Gasteiger partial charge in [-0.3, -0.25) is 0 Å². The highest BCUT2D eigenvalue weighted by Crippen LogP contribution is 2.22. The van der Waals surface area contributed by atoms with Gasteiger partial charge in [0.15, 0.2) is 0 Å². The summed E-state index contributed by atoms with van der Waals surface area (Å²) in [4.78, 5) is 16.2. The van der Waals surface area contributed by atoms with E-state index in [1.54, 1.807) is 0 Å². The fraction of sp³-hybridized carbons (Fsp3) is 0.385. The number of rotatable bonds is 0. The van der Waals surface area contributed by atoms with Gasteiger partial charge in [0.2, 0.25) is 5.28 Å². The maximum absolute atomic E-state index is 12.1. The van der Waals surface area contributed by atoms with E-state index in [-0.39, 0.29) is 5.28 Å². The van der Waals surface area contributed by atoms with Crippen molar-refractivity contribution in [2.75, 3.05) is 0 Å². The monoisotopic (exact) mass is 266 g/mol. The first-order chi connectivity index (χ1) is 8.28. The molecular formula is C13H15ClN2O2. The standard InChI is InChI=1S/C13H15ClN2O2/c1-8-5-6-10-9(7-8)15-11(14)16(10)12(17)18-13(2,3)4/h5-7H,1-4H3. The highest BCUT2D eigenvalue weighted by atomic mass is 35.5. The van der Waals surface area contributed by atoms with E-state index in [1.807, 2.05) is 45.9 Å². The predicted octanol–water partition coefficient (Wildman–Crippen LogP) is 3.78. The average molecular weight is 267 g/mol. The van der Waals surface area contributed by atoms with Crippen molar-refractivity contribution >= 4 is 28.7 Å². The summed E-state index contributed by atoms with van der Waals surface area (Å²) in [6.45, 7) is 7.38. The molecule has 1 aromatic carbocycles. The lowest BCUT2D eigenvalue weighted by Crippen LogP contribution is -2.27. The Morgan fingerprint density at radius 3 is 2.67 bits per heavy atom. The zero-order valence-electron chi connectivity index (χ0n) is 10.8. The largest absolute Gasteiger partial charge is 0.443 e. The zero-order valence-corrected chi connectivity index (χ0v) is 11.6. The van der Waals surface area contributed by atoms with Gasteiger partial charge in [0.05, 0.1) is 11.0 Å². The minimum Gasteiger partial charge on any atom is -0.443 e. The molecule has 4 nitrogen and oxygen atoms in total. The highest BCUT2D eigenvalue weighted by molar-refractivity contribution is 6.30. The number of aromatic nitrogens is 2. The molecule has 0 unspecified atom stereocenters. The molecule has 96 valence electrons. The van der Waals surface area contributed by atoms with Crippen molar-refractivity contribution < 1.29 is 9.53 Å². The van der Waals surface area contributed by atoms with Crippen LogP contribution in [0.2, 0.25) is 5.28 Å². The van der Waals surface area contributed by atoms with E-state index < -0.39 is 11.7 Å². The molecule has 0 amide bonds. The van der Waals surface area contributed by atoms with Gasteiger partial charge in [-0.1, -0.05) is 6.07 Å². The molecule has 2 rings (SSSR count). The van der Waals surface area contributed by atoms with E-state index >= 15 is 0 Å². The number of carbonyl (C=O) groups excluding carboxylic acids is 1. The van der Waals surface area contributed by atoms with Crippen molar-refractivity contribution in [2.45, 2.75) is 33.3 Å². The van der Waals surface area contributed by atoms with Gasteiger partial charge in [-0.2, -0.15) is 0 Å². The number of fused-ring (bicyclic) bond motifs is 1. The summed E-state index contributed by atoms with van der Waals surface area (Å²) in [5.74, 6) is 0. The molecule has 0 fully saturated rings. The quantitative estimate of drug-likeness (QED) is 0.729. The van der Waals surface area contributed by atoms with Crippen molar-refractivity contribution in [1.29, 1.82) is 0 Å². The van der Waals surface area contributed by atoms with Crippen LogP contribution in [0.3, 0.4) is 0 Å². The first kappa shape index (κ1) is 12.9. The molecule has 2 aromatic rings. The van der Waals surface area contributed by atoms with E-state index in [0.29, 0.717) is 11.0 Å². The van der Waals surface area contributed by atoms with E-state index in [0.717, 1.165) is 5.56 Å². The van der Waals surface area contributed by atoms with Gasteiger partial charge in [0.1, 0.15) is 5.60 Å². The number of carbonyl (C=O) groups is 1. The minimum absolute atomic E-state index is 0.116. The molecular weight excluding hydrogens is 252 g/mol. The summed E-state index contributed by atoms with van der Waals surface area (Å²) in [5.41, 5.74) is 1.83. The lowest BCUT2D eigenvalue weighted by atomic mass is 10.2. The van der Waals surface area contributed by atoms with Crippen molar-refractivity contribution in [2.24, 2.45) is 0 Å². The van der Waals surface area contributed by atoms with Gasteiger partial charge < -0.3 is 4.74 Å². The Morgan fingerprint density at radius 1 is 1.39 bits per heavy atom. The number of nitrogens with zero attached hydrogens (tertiary/aromatic N) is 2. The van der Waals surface area contributed by atoms with Crippen LogP contribution in [0.4, 0.5) is 4.79 Å². The van der Waals surface area contributed by atoms with Crippen LogP contribution < -0.4 is 0 Å². The first-order valence-corrected chi connectivity index (χ1v) is 6.04. The summed E-state index contributed by atoms with van der Waals surface area (Å²) < 4.78 is 6.58. The molecule has 0 saturated carbocycles. The zero-order chi connectivity index (χ0) is 13.5. The molecule has 0 aliphatic rings. The van der Waals surface area contributed by atoms with Gasteiger partial charge in [-0.25, -0.2) is 14.3 Å². The Morgan fingerprint density at radius 2 is 2.06 bits per heavy atom. The van der Waals surface area contributed by atoms with Gasteiger partial charge in [0.25, 0.3) is 0 Å². The van der Waals surface area contributed by atoms with E-state index in [2.05, 4.69) is 4.98 Å². The normalized spacial score (nSPS) is 11.8. The summed E-state index contributed by atoms with van der Waals surface area (Å²) in [6, 6.07) is 5.59. The molecule has 0 atom stereocenters. The Balaban J connectivity index is 2.51. The molecule has 1 heterocycles. The summed E-state index contributed by atoms with van der Waals surface area (Å²) in [7, 11) is 0. The summed E-state index contributed by atoms with van der Waals surface area (Å²) >= 11 is 5.99. The number of ether oxygens (including phenoxy) is 1. The fourth-order valence-corrected chi connectivity index (χ4v) is 1.89. The molecule has 0 N–H and O–H groups in total. The van der Waals surface area contributed by atoms with Gasteiger partial charge in [-0.05, 0) is 57.0 Å². The number of benzene rings is 1. The second-order valence-corrected chi connectivity index (χ2v) is 5.53. The predicted molar refractivity (Wildman–Crippen MR) is 71.1 cm³/mol. The Labute approximate surface area is 111 Å². The topological polar surface area (TPSA) is 44.1 Å². The average Bonchev–Trinajstić information content (AvgIpc) is 2.50. The molecule has 0 aliphatic carbocycles. The number of halogens is 1. The highest BCUT2D eigenvalue weighted by Gasteiger charge is 2.22. The van der Waals surface area contributed by atoms with Crippen LogP contribution in [0, 0.1) is 6.92 Å². The van der Waals surface area contributed by atoms with Crippen LogP contribution in [-0.4, -0.2) is 21.2 Å². The van der Waals surface area contributed by atoms with E-state index in [9.17, 15) is 4.79 Å². The maximum atomic E-state index is 12.1. The van der Waals surface area contributed by atoms with Crippen LogP contribution >= 0.6 is 11.6 Å². The SMILES string of the molecule is Cc1ccc2c(c1)nc(Cl)n2C(=O)OC(C)(C)C. The number of aryl methyl sites for hydroxylation is 1. The van der Waals surface area contributed by atoms with Crippen molar-refractivity contribution in [1.82, 2.24) is 9.55 Å². The van der Waals surface area contributed by atoms with Gasteiger partial charge >= 0.3 is 6.09 Å². The Bertz CT molecular complexity index is 611. The number of hydrogen-bond donors (Lipinski definition) is 0. The molecule has 0 saturated heterocycles. The third-order valence-electron chi connectivity index (χ3n) is 2.35. The van der Waals surface area contributed by atoms with Crippen molar-refractivity contribution in [3.8, 4) is 0 Å². The molecule has 0 aliphatic heterocycles. The lowest BCUT2D eigenvalue weighted by molar-refractivity contribution is 0.0544. The van der Waals surface area contributed by atoms with Crippen LogP contribution in [-0.2, 0) is 4.74 Å². The van der Waals surface area contributed by atoms with E-state index in [1.165, 1.54) is 4.57 Å². The molecule has 0 bridgehead atoms. The third kappa shape index (κ3) is 2.48. The second-order valence-electron chi connectivity index (χ2n) is 5.19. The number of imidazole rings is 1. The summed E-state index contributed by atoms with van der Waals surface area (Å²) in [5, 5.41) is 0.116. The minimum atomic E-state index is -0.568. The van der Waals surface area contributed by atoms with Crippen LogP contribution in [0.1, 0.15) is 26.3 Å². The van der Waals surface area contributed by atoms with Crippen molar-refractivity contribution in [3.05, 3.63) is 29.0 Å². The number of hydrogen-bond acceptors (Lipinski definition) is 3. The van der Waals surface area contributed by atoms with Gasteiger partial charge in [0, 0.05) is 0 Å². The molecule has 18 heavy (non-hydrogen) atoms. The smallest absolute Gasteiger partial charge is 0.421 e. The molecule has 5 heteroatoms. The van der Waals surface area contributed by atoms with E-state index in [4.69, 9.17) is 16.3 Å². The lowest BCUT2D eigenvalue weighted by Gasteiger charge is -2.19. The van der Waals surface area contributed by atoms with Crippen molar-refractivity contribution in [3.63, 3.8) is 0 Å². The Hall–Kier alpha value is -1.55. The fourth-order valence-electron chi connectivity index (χ4n) is 1.64. The van der Waals surface area contributed by atoms with Crippen LogP contribution in [0.5, 0.6) is 0 Å². The second kappa shape index (κ2) is 4.28. The van der Waals surface area contributed by atoms with Gasteiger partial charge in [-0.15, -0.1) is 0 Å².